The van der Waals surface area contributed by atoms with Crippen LogP contribution in [0.3, 0.4) is 0 Å². The molecule has 0 aliphatic rings. The van der Waals surface area contributed by atoms with Gasteiger partial charge in [-0.1, -0.05) is 12.1 Å². The van der Waals surface area contributed by atoms with Crippen LogP contribution in [0.4, 0.5) is 0 Å². The molecule has 0 fully saturated rings. The number of methoxy groups -OCH3 is 1. The molecule has 20 heavy (non-hydrogen) atoms. The second-order valence-electron chi connectivity index (χ2n) is 4.28. The smallest absolute Gasteiger partial charge is 0.182 e. The highest BCUT2D eigenvalue weighted by Gasteiger charge is 2.15. The van der Waals surface area contributed by atoms with E-state index >= 15 is 0 Å². The summed E-state index contributed by atoms with van der Waals surface area (Å²) in [6.07, 6.45) is 2.53. The summed E-state index contributed by atoms with van der Waals surface area (Å²) < 4.78 is 7.05. The minimum atomic E-state index is -0.497. The zero-order valence-electron chi connectivity index (χ0n) is 10.7. The molecule has 2 aromatic heterocycles. The Morgan fingerprint density at radius 1 is 1.30 bits per heavy atom. The van der Waals surface area contributed by atoms with Crippen molar-refractivity contribution in [3.63, 3.8) is 0 Å². The number of phenolic OH excluding ortho intramolecular Hbond substituents is 1. The van der Waals surface area contributed by atoms with Crippen LogP contribution in [0, 0.1) is 5.41 Å². The number of benzene rings is 1. The minimum absolute atomic E-state index is 0.182. The molecule has 7 nitrogen and oxygen atoms in total. The van der Waals surface area contributed by atoms with Crippen LogP contribution in [0.5, 0.6) is 5.75 Å². The van der Waals surface area contributed by atoms with Gasteiger partial charge in [-0.25, -0.2) is 9.97 Å². The molecule has 0 saturated heterocycles. The van der Waals surface area contributed by atoms with Crippen molar-refractivity contribution in [3.8, 4) is 5.75 Å². The van der Waals surface area contributed by atoms with Crippen LogP contribution in [0.1, 0.15) is 11.8 Å². The first-order valence-corrected chi connectivity index (χ1v) is 5.97. The minimum Gasteiger partial charge on any atom is -0.508 e. The molecule has 3 aromatic rings. The fourth-order valence-corrected chi connectivity index (χ4v) is 2.09. The first-order valence-electron chi connectivity index (χ1n) is 5.97. The van der Waals surface area contributed by atoms with E-state index in [2.05, 4.69) is 15.0 Å². The Bertz CT molecular complexity index is 790. The molecule has 0 saturated carbocycles. The topological polar surface area (TPSA) is 99.8 Å². The van der Waals surface area contributed by atoms with E-state index in [0.717, 1.165) is 5.56 Å². The largest absolute Gasteiger partial charge is 0.508 e. The van der Waals surface area contributed by atoms with E-state index in [0.29, 0.717) is 11.2 Å². The molecule has 0 amide bonds. The van der Waals surface area contributed by atoms with Crippen LogP contribution in [0.15, 0.2) is 36.9 Å². The standard InChI is InChI=1S/C13H13N5O2/c1-20-13(8-2-4-9(19)5-3-8)18-7-17-12-10(11(18)14)15-6-16-12/h2-7,13-14,19H,1H3,(H,15,16). The number of nitrogens with zero attached hydrogens (tertiary/aromatic N) is 3. The number of hydrogen-bond donors (Lipinski definition) is 3. The average molecular weight is 271 g/mol. The molecule has 3 rings (SSSR count). The lowest BCUT2D eigenvalue weighted by Gasteiger charge is -2.19. The second kappa shape index (κ2) is 4.78. The SMILES string of the molecule is COC(c1ccc(O)cc1)n1cnc2nc[nH]c2c1=N. The van der Waals surface area contributed by atoms with Crippen LogP contribution in [0.25, 0.3) is 11.2 Å². The lowest BCUT2D eigenvalue weighted by Crippen LogP contribution is -2.27. The van der Waals surface area contributed by atoms with Gasteiger partial charge in [-0.2, -0.15) is 0 Å². The molecule has 1 atom stereocenters. The lowest BCUT2D eigenvalue weighted by molar-refractivity contribution is 0.0740. The molecule has 0 aliphatic heterocycles. The third kappa shape index (κ3) is 1.94. The van der Waals surface area contributed by atoms with Crippen molar-refractivity contribution in [3.05, 3.63) is 48.0 Å². The van der Waals surface area contributed by atoms with Gasteiger partial charge in [-0.05, 0) is 12.1 Å². The van der Waals surface area contributed by atoms with Crippen molar-refractivity contribution in [1.29, 1.82) is 5.41 Å². The van der Waals surface area contributed by atoms with Gasteiger partial charge >= 0.3 is 0 Å². The molecule has 0 bridgehead atoms. The Hall–Kier alpha value is -2.67. The van der Waals surface area contributed by atoms with E-state index in [1.165, 1.54) is 12.7 Å². The molecule has 0 aliphatic carbocycles. The molecular formula is C13H13N5O2. The summed E-state index contributed by atoms with van der Waals surface area (Å²) in [5.74, 6) is 0.182. The van der Waals surface area contributed by atoms with Crippen molar-refractivity contribution in [2.45, 2.75) is 6.23 Å². The Morgan fingerprint density at radius 3 is 2.75 bits per heavy atom. The number of ether oxygens (including phenoxy) is 1. The summed E-state index contributed by atoms with van der Waals surface area (Å²) in [5, 5.41) is 17.5. The Balaban J connectivity index is 2.13. The number of imidazole rings is 1. The van der Waals surface area contributed by atoms with Crippen LogP contribution in [-0.2, 0) is 4.74 Å². The first-order chi connectivity index (χ1) is 9.70. The van der Waals surface area contributed by atoms with Crippen molar-refractivity contribution in [1.82, 2.24) is 19.5 Å². The molecule has 1 aromatic carbocycles. The maximum absolute atomic E-state index is 9.34. The van der Waals surface area contributed by atoms with Gasteiger partial charge in [0.15, 0.2) is 17.4 Å². The van der Waals surface area contributed by atoms with Crippen LogP contribution in [-0.4, -0.2) is 31.7 Å². The summed E-state index contributed by atoms with van der Waals surface area (Å²) in [6, 6.07) is 6.64. The quantitative estimate of drug-likeness (QED) is 0.665. The van der Waals surface area contributed by atoms with Crippen molar-refractivity contribution in [2.24, 2.45) is 0 Å². The van der Waals surface area contributed by atoms with Crippen LogP contribution in [0.2, 0.25) is 0 Å². The molecule has 3 N–H and O–H groups in total. The number of hydrogen-bond acceptors (Lipinski definition) is 5. The summed E-state index contributed by atoms with van der Waals surface area (Å²) in [7, 11) is 1.56. The normalized spacial score (nSPS) is 12.7. The summed E-state index contributed by atoms with van der Waals surface area (Å²) >= 11 is 0. The highest BCUT2D eigenvalue weighted by molar-refractivity contribution is 5.67. The average Bonchev–Trinajstić information content (AvgIpc) is 2.93. The van der Waals surface area contributed by atoms with Gasteiger partial charge in [-0.15, -0.1) is 0 Å². The number of fused-ring (bicyclic) bond motifs is 1. The summed E-state index contributed by atoms with van der Waals surface area (Å²) in [5.41, 5.74) is 2.08. The number of aromatic nitrogens is 4. The van der Waals surface area contributed by atoms with E-state index < -0.39 is 6.23 Å². The van der Waals surface area contributed by atoms with E-state index in [4.69, 9.17) is 10.1 Å². The van der Waals surface area contributed by atoms with Gasteiger partial charge in [0.2, 0.25) is 0 Å². The van der Waals surface area contributed by atoms with E-state index in [1.54, 1.807) is 35.9 Å². The number of H-pyrrole nitrogens is 1. The fourth-order valence-electron chi connectivity index (χ4n) is 2.09. The number of nitrogens with one attached hydrogen (secondary N) is 2. The Morgan fingerprint density at radius 2 is 2.05 bits per heavy atom. The maximum Gasteiger partial charge on any atom is 0.182 e. The molecule has 102 valence electrons. The third-order valence-corrected chi connectivity index (χ3v) is 3.07. The molecule has 0 radical (unpaired) electrons. The van der Waals surface area contributed by atoms with Gasteiger partial charge in [0.1, 0.15) is 17.6 Å². The van der Waals surface area contributed by atoms with Gasteiger partial charge in [-0.3, -0.25) is 9.98 Å². The summed E-state index contributed by atoms with van der Waals surface area (Å²) in [6.45, 7) is 0. The van der Waals surface area contributed by atoms with Crippen molar-refractivity contribution < 1.29 is 9.84 Å². The highest BCUT2D eigenvalue weighted by atomic mass is 16.5. The van der Waals surface area contributed by atoms with E-state index in [-0.39, 0.29) is 11.2 Å². The van der Waals surface area contributed by atoms with Gasteiger partial charge in [0.05, 0.1) is 6.33 Å². The second-order valence-corrected chi connectivity index (χ2v) is 4.28. The molecular weight excluding hydrogens is 258 g/mol. The zero-order valence-corrected chi connectivity index (χ0v) is 10.7. The van der Waals surface area contributed by atoms with E-state index in [1.807, 2.05) is 0 Å². The number of aromatic amines is 1. The lowest BCUT2D eigenvalue weighted by atomic mass is 10.2. The fraction of sp³-hybridized carbons (Fsp3) is 0.154. The van der Waals surface area contributed by atoms with Crippen molar-refractivity contribution >= 4 is 11.2 Å². The zero-order chi connectivity index (χ0) is 14.1. The predicted molar refractivity (Wildman–Crippen MR) is 71.0 cm³/mol. The van der Waals surface area contributed by atoms with Crippen molar-refractivity contribution in [2.75, 3.05) is 7.11 Å². The Kier molecular flexibility index (Phi) is 2.96. The van der Waals surface area contributed by atoms with Crippen LogP contribution >= 0.6 is 0 Å². The van der Waals surface area contributed by atoms with E-state index in [9.17, 15) is 5.11 Å². The Labute approximate surface area is 114 Å². The number of rotatable bonds is 3. The molecule has 1 unspecified atom stereocenters. The first kappa shape index (κ1) is 12.4. The number of phenols is 1. The number of aromatic hydroxyl groups is 1. The maximum atomic E-state index is 9.34. The molecule has 7 heteroatoms. The van der Waals surface area contributed by atoms with Gasteiger partial charge in [0, 0.05) is 12.7 Å². The monoisotopic (exact) mass is 271 g/mol. The summed E-state index contributed by atoms with van der Waals surface area (Å²) in [4.78, 5) is 11.1. The third-order valence-electron chi connectivity index (χ3n) is 3.07. The van der Waals surface area contributed by atoms with Crippen LogP contribution < -0.4 is 5.49 Å². The highest BCUT2D eigenvalue weighted by Crippen LogP contribution is 2.20. The predicted octanol–water partition coefficient (Wildman–Crippen LogP) is 1.14. The molecule has 0 spiro atoms. The van der Waals surface area contributed by atoms with Gasteiger partial charge in [0.25, 0.3) is 0 Å². The molecule has 2 heterocycles. The van der Waals surface area contributed by atoms with Gasteiger partial charge < -0.3 is 14.8 Å².